The Hall–Kier alpha value is -2.63. The van der Waals surface area contributed by atoms with Crippen LogP contribution in [0.5, 0.6) is 0 Å². The zero-order valence-electron chi connectivity index (χ0n) is 11.2. The normalized spacial score (nSPS) is 11.6. The molecule has 0 atom stereocenters. The van der Waals surface area contributed by atoms with E-state index in [1.54, 1.807) is 30.3 Å². The van der Waals surface area contributed by atoms with Crippen LogP contribution in [0.1, 0.15) is 5.56 Å². The predicted octanol–water partition coefficient (Wildman–Crippen LogP) is 4.90. The van der Waals surface area contributed by atoms with Crippen LogP contribution in [0.4, 0.5) is 17.6 Å². The number of nitrogens with zero attached hydrogens (tertiary/aromatic N) is 1. The van der Waals surface area contributed by atoms with Gasteiger partial charge in [-0.15, -0.1) is 0 Å². The van der Waals surface area contributed by atoms with Gasteiger partial charge in [0.25, 0.3) is 0 Å². The first kappa shape index (κ1) is 14.3. The summed E-state index contributed by atoms with van der Waals surface area (Å²) in [5.41, 5.74) is -0.619. The number of hydrogen-bond donors (Lipinski definition) is 1. The molecule has 3 aromatic rings. The molecule has 0 saturated carbocycles. The third kappa shape index (κ3) is 2.59. The molecule has 0 bridgehead atoms. The van der Waals surface area contributed by atoms with Crippen molar-refractivity contribution in [2.24, 2.45) is 0 Å². The average molecular weight is 306 g/mol. The molecule has 0 radical (unpaired) electrons. The van der Waals surface area contributed by atoms with E-state index in [2.05, 4.69) is 10.2 Å². The fourth-order valence-corrected chi connectivity index (χ4v) is 2.25. The topological polar surface area (TPSA) is 28.7 Å². The average Bonchev–Trinajstić information content (AvgIpc) is 2.94. The van der Waals surface area contributed by atoms with Crippen molar-refractivity contribution >= 4 is 0 Å². The summed E-state index contributed by atoms with van der Waals surface area (Å²) in [5, 5.41) is 6.24. The first-order chi connectivity index (χ1) is 10.5. The van der Waals surface area contributed by atoms with Crippen LogP contribution >= 0.6 is 0 Å². The second kappa shape index (κ2) is 5.29. The smallest absolute Gasteiger partial charge is 0.277 e. The fourth-order valence-electron chi connectivity index (χ4n) is 2.25. The second-order valence-corrected chi connectivity index (χ2v) is 4.69. The lowest BCUT2D eigenvalue weighted by molar-refractivity contribution is -0.136. The molecule has 3 rings (SSSR count). The van der Waals surface area contributed by atoms with Crippen molar-refractivity contribution < 1.29 is 17.6 Å². The molecule has 1 heterocycles. The number of alkyl halides is 3. The number of benzene rings is 2. The van der Waals surface area contributed by atoms with Crippen LogP contribution < -0.4 is 0 Å². The summed E-state index contributed by atoms with van der Waals surface area (Å²) < 4.78 is 53.3. The van der Waals surface area contributed by atoms with Gasteiger partial charge in [-0.05, 0) is 24.3 Å². The van der Waals surface area contributed by atoms with Crippen molar-refractivity contribution in [1.29, 1.82) is 0 Å². The summed E-state index contributed by atoms with van der Waals surface area (Å²) >= 11 is 0. The van der Waals surface area contributed by atoms with E-state index in [4.69, 9.17) is 0 Å². The minimum atomic E-state index is -4.58. The Morgan fingerprint density at radius 2 is 1.45 bits per heavy atom. The molecule has 2 nitrogen and oxygen atoms in total. The van der Waals surface area contributed by atoms with Crippen molar-refractivity contribution in [3.05, 3.63) is 66.0 Å². The lowest BCUT2D eigenvalue weighted by Crippen LogP contribution is -2.07. The van der Waals surface area contributed by atoms with Crippen LogP contribution in [-0.2, 0) is 6.18 Å². The molecule has 0 unspecified atom stereocenters. The molecule has 1 aromatic heterocycles. The van der Waals surface area contributed by atoms with Gasteiger partial charge in [-0.1, -0.05) is 30.3 Å². The molecule has 0 aliphatic rings. The van der Waals surface area contributed by atoms with E-state index in [1.165, 1.54) is 12.1 Å². The van der Waals surface area contributed by atoms with Gasteiger partial charge in [-0.3, -0.25) is 5.10 Å². The zero-order chi connectivity index (χ0) is 15.7. The highest BCUT2D eigenvalue weighted by Crippen LogP contribution is 2.41. The van der Waals surface area contributed by atoms with Crippen LogP contribution in [0, 0.1) is 5.82 Å². The molecule has 22 heavy (non-hydrogen) atoms. The Balaban J connectivity index is 2.20. The molecular weight excluding hydrogens is 296 g/mol. The highest BCUT2D eigenvalue weighted by molar-refractivity contribution is 5.74. The summed E-state index contributed by atoms with van der Waals surface area (Å²) in [5.74, 6) is -0.514. The maximum absolute atomic E-state index is 13.5. The predicted molar refractivity (Wildman–Crippen MR) is 74.4 cm³/mol. The van der Waals surface area contributed by atoms with Crippen LogP contribution in [0.2, 0.25) is 0 Å². The van der Waals surface area contributed by atoms with Gasteiger partial charge >= 0.3 is 6.18 Å². The van der Waals surface area contributed by atoms with Crippen molar-refractivity contribution in [2.45, 2.75) is 6.18 Å². The number of halogens is 4. The monoisotopic (exact) mass is 306 g/mol. The van der Waals surface area contributed by atoms with Crippen LogP contribution in [0.3, 0.4) is 0 Å². The molecule has 2 aromatic carbocycles. The van der Waals surface area contributed by atoms with E-state index >= 15 is 0 Å². The van der Waals surface area contributed by atoms with Crippen LogP contribution in [0.25, 0.3) is 22.5 Å². The summed E-state index contributed by atoms with van der Waals surface area (Å²) in [6.07, 6.45) is -4.58. The summed E-state index contributed by atoms with van der Waals surface area (Å²) in [4.78, 5) is 0. The number of aromatic nitrogens is 2. The second-order valence-electron chi connectivity index (χ2n) is 4.69. The number of rotatable bonds is 2. The van der Waals surface area contributed by atoms with Crippen molar-refractivity contribution in [1.82, 2.24) is 10.2 Å². The SMILES string of the molecule is Fc1ccc(-c2[nH]nc(-c3ccccc3)c2C(F)(F)F)cc1. The number of aromatic amines is 1. The summed E-state index contributed by atoms with van der Waals surface area (Å²) in [6.45, 7) is 0. The van der Waals surface area contributed by atoms with Crippen LogP contribution in [0.15, 0.2) is 54.6 Å². The molecule has 0 amide bonds. The standard InChI is InChI=1S/C16H10F4N2/c17-12-8-6-11(7-9-12)15-13(16(18,19)20)14(21-22-15)10-4-2-1-3-5-10/h1-9H,(H,21,22). The van der Waals surface area contributed by atoms with Gasteiger partial charge in [0, 0.05) is 11.1 Å². The number of H-pyrrole nitrogens is 1. The molecule has 0 spiro atoms. The molecule has 0 aliphatic heterocycles. The fraction of sp³-hybridized carbons (Fsp3) is 0.0625. The first-order valence-electron chi connectivity index (χ1n) is 6.44. The Bertz CT molecular complexity index is 774. The number of hydrogen-bond acceptors (Lipinski definition) is 1. The van der Waals surface area contributed by atoms with E-state index in [9.17, 15) is 17.6 Å². The van der Waals surface area contributed by atoms with Gasteiger partial charge in [0.1, 0.15) is 17.1 Å². The maximum Gasteiger partial charge on any atom is 0.420 e. The lowest BCUT2D eigenvalue weighted by atomic mass is 10.0. The Morgan fingerprint density at radius 3 is 2.05 bits per heavy atom. The van der Waals surface area contributed by atoms with E-state index < -0.39 is 17.6 Å². The largest absolute Gasteiger partial charge is 0.420 e. The summed E-state index contributed by atoms with van der Waals surface area (Å²) in [7, 11) is 0. The molecule has 0 fully saturated rings. The van der Waals surface area contributed by atoms with Crippen molar-refractivity contribution in [3.8, 4) is 22.5 Å². The first-order valence-corrected chi connectivity index (χ1v) is 6.44. The van der Waals surface area contributed by atoms with E-state index in [-0.39, 0.29) is 17.0 Å². The molecule has 0 saturated heterocycles. The zero-order valence-corrected chi connectivity index (χ0v) is 11.2. The van der Waals surface area contributed by atoms with Gasteiger partial charge in [0.05, 0.1) is 5.69 Å². The van der Waals surface area contributed by atoms with E-state index in [0.29, 0.717) is 5.56 Å². The minimum absolute atomic E-state index is 0.174. The Kier molecular flexibility index (Phi) is 3.44. The lowest BCUT2D eigenvalue weighted by Gasteiger charge is -2.10. The highest BCUT2D eigenvalue weighted by Gasteiger charge is 2.39. The third-order valence-electron chi connectivity index (χ3n) is 3.23. The number of nitrogens with one attached hydrogen (secondary N) is 1. The van der Waals surface area contributed by atoms with E-state index in [1.807, 2.05) is 0 Å². The maximum atomic E-state index is 13.5. The Labute approximate surface area is 123 Å². The molecular formula is C16H10F4N2. The van der Waals surface area contributed by atoms with Crippen molar-refractivity contribution in [3.63, 3.8) is 0 Å². The van der Waals surface area contributed by atoms with E-state index in [0.717, 1.165) is 12.1 Å². The van der Waals surface area contributed by atoms with Crippen LogP contribution in [-0.4, -0.2) is 10.2 Å². The van der Waals surface area contributed by atoms with Gasteiger partial charge in [0.15, 0.2) is 0 Å². The van der Waals surface area contributed by atoms with Gasteiger partial charge in [0.2, 0.25) is 0 Å². The third-order valence-corrected chi connectivity index (χ3v) is 3.23. The quantitative estimate of drug-likeness (QED) is 0.670. The molecule has 1 N–H and O–H groups in total. The minimum Gasteiger partial charge on any atom is -0.277 e. The molecule has 6 heteroatoms. The van der Waals surface area contributed by atoms with Gasteiger partial charge in [-0.25, -0.2) is 4.39 Å². The van der Waals surface area contributed by atoms with Crippen molar-refractivity contribution in [2.75, 3.05) is 0 Å². The Morgan fingerprint density at radius 1 is 0.818 bits per heavy atom. The molecule has 0 aliphatic carbocycles. The molecule has 112 valence electrons. The van der Waals surface area contributed by atoms with Gasteiger partial charge < -0.3 is 0 Å². The summed E-state index contributed by atoms with van der Waals surface area (Å²) in [6, 6.07) is 12.9. The van der Waals surface area contributed by atoms with Gasteiger partial charge in [-0.2, -0.15) is 18.3 Å². The highest BCUT2D eigenvalue weighted by atomic mass is 19.4.